The van der Waals surface area contributed by atoms with Gasteiger partial charge in [0.05, 0.1) is 11.3 Å². The van der Waals surface area contributed by atoms with Gasteiger partial charge in [-0.2, -0.15) is 4.68 Å². The first-order valence-electron chi connectivity index (χ1n) is 10.6. The summed E-state index contributed by atoms with van der Waals surface area (Å²) in [6, 6.07) is 16.5. The molecule has 1 amide bonds. The Morgan fingerprint density at radius 1 is 0.909 bits per heavy atom. The highest BCUT2D eigenvalue weighted by Crippen LogP contribution is 2.25. The zero-order valence-electron chi connectivity index (χ0n) is 18.0. The lowest BCUT2D eigenvalue weighted by atomic mass is 10.1. The van der Waals surface area contributed by atoms with Crippen molar-refractivity contribution in [2.24, 2.45) is 0 Å². The number of rotatable bonds is 4. The molecule has 166 valence electrons. The summed E-state index contributed by atoms with van der Waals surface area (Å²) < 4.78 is 6.89. The van der Waals surface area contributed by atoms with Crippen LogP contribution in [0.3, 0.4) is 0 Å². The molecule has 0 unspecified atom stereocenters. The van der Waals surface area contributed by atoms with Gasteiger partial charge in [-0.15, -0.1) is 5.10 Å². The number of para-hydroxylation sites is 2. The molecule has 5 rings (SSSR count). The molecule has 1 saturated heterocycles. The van der Waals surface area contributed by atoms with E-state index in [0.29, 0.717) is 48.7 Å². The molecule has 0 N–H and O–H groups in total. The number of nitrogens with zero attached hydrogens (tertiary/aromatic N) is 7. The molecule has 1 aliphatic rings. The molecule has 2 aromatic heterocycles. The average Bonchev–Trinajstić information content (AvgIpc) is 3.29. The molecular weight excluding hydrogens is 422 g/mol. The number of anilines is 1. The van der Waals surface area contributed by atoms with E-state index in [2.05, 4.69) is 25.2 Å². The fourth-order valence-electron chi connectivity index (χ4n) is 3.89. The Bertz CT molecular complexity index is 1310. The van der Waals surface area contributed by atoms with E-state index in [9.17, 15) is 9.59 Å². The van der Waals surface area contributed by atoms with Crippen LogP contribution >= 0.6 is 0 Å². The molecule has 0 spiro atoms. The summed E-state index contributed by atoms with van der Waals surface area (Å²) in [7, 11) is 0. The zero-order valence-corrected chi connectivity index (χ0v) is 18.0. The maximum Gasteiger partial charge on any atom is 0.308 e. The van der Waals surface area contributed by atoms with Crippen molar-refractivity contribution in [2.45, 2.75) is 6.92 Å². The molecule has 0 bridgehead atoms. The first-order valence-corrected chi connectivity index (χ1v) is 10.6. The lowest BCUT2D eigenvalue weighted by Gasteiger charge is -2.35. The molecule has 1 aliphatic heterocycles. The van der Waals surface area contributed by atoms with Crippen LogP contribution in [0.4, 0.5) is 5.82 Å². The van der Waals surface area contributed by atoms with Crippen LogP contribution in [0.15, 0.2) is 60.9 Å². The molecule has 0 radical (unpaired) electrons. The number of fused-ring (bicyclic) bond motifs is 1. The number of amides is 1. The molecule has 0 saturated carbocycles. The maximum atomic E-state index is 13.1. The summed E-state index contributed by atoms with van der Waals surface area (Å²) >= 11 is 0. The molecule has 3 heterocycles. The van der Waals surface area contributed by atoms with Gasteiger partial charge in [0.1, 0.15) is 12.1 Å². The maximum absolute atomic E-state index is 13.1. The van der Waals surface area contributed by atoms with Gasteiger partial charge in [-0.3, -0.25) is 9.59 Å². The number of piperazine rings is 1. The fraction of sp³-hybridized carbons (Fsp3) is 0.217. The number of carbonyl (C=O) groups excluding carboxylic acids is 2. The van der Waals surface area contributed by atoms with Crippen molar-refractivity contribution in [1.29, 1.82) is 0 Å². The summed E-state index contributed by atoms with van der Waals surface area (Å²) in [5.74, 6) is 0.327. The van der Waals surface area contributed by atoms with Crippen LogP contribution in [0.2, 0.25) is 0 Å². The Kier molecular flexibility index (Phi) is 5.39. The SMILES string of the molecule is CC(=O)Oc1ccccc1C(=O)N1CCN(c2ncnc3c2nnn3-c2ccccc2)CC1. The van der Waals surface area contributed by atoms with E-state index in [4.69, 9.17) is 4.74 Å². The summed E-state index contributed by atoms with van der Waals surface area (Å²) in [6.07, 6.45) is 1.51. The van der Waals surface area contributed by atoms with E-state index in [1.54, 1.807) is 33.8 Å². The van der Waals surface area contributed by atoms with Crippen LogP contribution in [-0.2, 0) is 4.79 Å². The van der Waals surface area contributed by atoms with Crippen LogP contribution in [0.5, 0.6) is 5.75 Å². The number of benzene rings is 2. The van der Waals surface area contributed by atoms with Crippen LogP contribution < -0.4 is 9.64 Å². The van der Waals surface area contributed by atoms with E-state index in [-0.39, 0.29) is 11.7 Å². The summed E-state index contributed by atoms with van der Waals surface area (Å²) in [4.78, 5) is 37.1. The van der Waals surface area contributed by atoms with E-state index in [1.807, 2.05) is 30.3 Å². The number of hydrogen-bond acceptors (Lipinski definition) is 8. The van der Waals surface area contributed by atoms with Crippen LogP contribution in [0.25, 0.3) is 16.9 Å². The van der Waals surface area contributed by atoms with Gasteiger partial charge in [-0.25, -0.2) is 9.97 Å². The predicted molar refractivity (Wildman–Crippen MR) is 120 cm³/mol. The van der Waals surface area contributed by atoms with Gasteiger partial charge in [0.15, 0.2) is 17.0 Å². The van der Waals surface area contributed by atoms with Crippen molar-refractivity contribution in [2.75, 3.05) is 31.1 Å². The molecule has 4 aromatic rings. The van der Waals surface area contributed by atoms with Crippen molar-refractivity contribution in [3.63, 3.8) is 0 Å². The molecule has 33 heavy (non-hydrogen) atoms. The molecule has 10 nitrogen and oxygen atoms in total. The Hall–Kier alpha value is -4.34. The van der Waals surface area contributed by atoms with E-state index >= 15 is 0 Å². The Morgan fingerprint density at radius 3 is 2.39 bits per heavy atom. The zero-order chi connectivity index (χ0) is 22.8. The molecule has 0 aliphatic carbocycles. The lowest BCUT2D eigenvalue weighted by molar-refractivity contribution is -0.131. The third-order valence-corrected chi connectivity index (χ3v) is 5.46. The molecule has 10 heteroatoms. The molecule has 0 atom stereocenters. The second-order valence-electron chi connectivity index (χ2n) is 7.58. The lowest BCUT2D eigenvalue weighted by Crippen LogP contribution is -2.49. The minimum absolute atomic E-state index is 0.172. The van der Waals surface area contributed by atoms with Gasteiger partial charge in [-0.1, -0.05) is 35.5 Å². The summed E-state index contributed by atoms with van der Waals surface area (Å²) in [5.41, 5.74) is 2.48. The van der Waals surface area contributed by atoms with Crippen molar-refractivity contribution < 1.29 is 14.3 Å². The third-order valence-electron chi connectivity index (χ3n) is 5.46. The molecule has 2 aromatic carbocycles. The minimum Gasteiger partial charge on any atom is -0.426 e. The third kappa shape index (κ3) is 3.98. The predicted octanol–water partition coefficient (Wildman–Crippen LogP) is 2.10. The van der Waals surface area contributed by atoms with Crippen molar-refractivity contribution in [3.8, 4) is 11.4 Å². The minimum atomic E-state index is -0.462. The van der Waals surface area contributed by atoms with Crippen LogP contribution in [0.1, 0.15) is 17.3 Å². The summed E-state index contributed by atoms with van der Waals surface area (Å²) in [5, 5.41) is 8.60. The molecular formula is C23H21N7O3. The Labute approximate surface area is 189 Å². The largest absolute Gasteiger partial charge is 0.426 e. The number of carbonyl (C=O) groups is 2. The van der Waals surface area contributed by atoms with Crippen molar-refractivity contribution in [1.82, 2.24) is 29.9 Å². The summed E-state index contributed by atoms with van der Waals surface area (Å²) in [6.45, 7) is 3.45. The van der Waals surface area contributed by atoms with Crippen molar-refractivity contribution >= 4 is 28.9 Å². The number of aromatic nitrogens is 5. The second kappa shape index (κ2) is 8.65. The fourth-order valence-corrected chi connectivity index (χ4v) is 3.89. The monoisotopic (exact) mass is 443 g/mol. The average molecular weight is 443 g/mol. The quantitative estimate of drug-likeness (QED) is 0.349. The van der Waals surface area contributed by atoms with Crippen molar-refractivity contribution in [3.05, 3.63) is 66.5 Å². The Balaban J connectivity index is 1.35. The smallest absolute Gasteiger partial charge is 0.308 e. The van der Waals surface area contributed by atoms with Gasteiger partial charge in [-0.05, 0) is 24.3 Å². The number of esters is 1. The van der Waals surface area contributed by atoms with Gasteiger partial charge in [0.2, 0.25) is 0 Å². The van der Waals surface area contributed by atoms with Crippen LogP contribution in [-0.4, -0.2) is 67.9 Å². The Morgan fingerprint density at radius 2 is 1.64 bits per heavy atom. The first kappa shape index (κ1) is 20.6. The normalized spacial score (nSPS) is 13.8. The highest BCUT2D eigenvalue weighted by molar-refractivity contribution is 5.97. The number of ether oxygens (including phenoxy) is 1. The van der Waals surface area contributed by atoms with Gasteiger partial charge in [0, 0.05) is 33.1 Å². The highest BCUT2D eigenvalue weighted by atomic mass is 16.5. The van der Waals surface area contributed by atoms with E-state index < -0.39 is 5.97 Å². The second-order valence-corrected chi connectivity index (χ2v) is 7.58. The van der Waals surface area contributed by atoms with E-state index in [0.717, 1.165) is 5.69 Å². The van der Waals surface area contributed by atoms with E-state index in [1.165, 1.54) is 13.3 Å². The first-order chi connectivity index (χ1) is 16.1. The van der Waals surface area contributed by atoms with Crippen LogP contribution in [0, 0.1) is 0 Å². The van der Waals surface area contributed by atoms with Gasteiger partial charge < -0.3 is 14.5 Å². The number of hydrogen-bond donors (Lipinski definition) is 0. The van der Waals surface area contributed by atoms with Gasteiger partial charge >= 0.3 is 5.97 Å². The van der Waals surface area contributed by atoms with Gasteiger partial charge in [0.25, 0.3) is 5.91 Å². The highest BCUT2D eigenvalue weighted by Gasteiger charge is 2.27. The molecule has 1 fully saturated rings. The standard InChI is InChI=1S/C23H21N7O3/c1-16(31)33-19-10-6-5-9-18(19)23(32)29-13-11-28(12-14-29)21-20-22(25-15-24-21)30(27-26-20)17-7-3-2-4-8-17/h2-10,15H,11-14H2,1H3. The topological polar surface area (TPSA) is 106 Å².